The normalized spacial score (nSPS) is 13.6. The van der Waals surface area contributed by atoms with Crippen LogP contribution >= 0.6 is 0 Å². The second-order valence-corrected chi connectivity index (χ2v) is 7.99. The molecule has 25 heavy (non-hydrogen) atoms. The highest BCUT2D eigenvalue weighted by Crippen LogP contribution is 2.31. The van der Waals surface area contributed by atoms with Gasteiger partial charge in [-0.2, -0.15) is 0 Å². The molecule has 1 aromatic carbocycles. The third-order valence-corrected chi connectivity index (χ3v) is 5.59. The average molecular weight is 359 g/mol. The minimum atomic E-state index is -3.29. The Morgan fingerprint density at radius 3 is 2.72 bits per heavy atom. The third kappa shape index (κ3) is 3.24. The standard InChI is InChI=1S/C18H21N3O3S/c1-4-20(16-6-5-10-19-13(16)2)18(22)15-7-8-17-14(12-15)9-11-21(17)25(3,23)24/h5-8,10,12H,4,9,11H2,1-3H3. The van der Waals surface area contributed by atoms with E-state index in [1.165, 1.54) is 10.6 Å². The van der Waals surface area contributed by atoms with Crippen LogP contribution in [0.3, 0.4) is 0 Å². The number of hydrogen-bond donors (Lipinski definition) is 0. The van der Waals surface area contributed by atoms with E-state index < -0.39 is 10.0 Å². The largest absolute Gasteiger partial charge is 0.307 e. The lowest BCUT2D eigenvalue weighted by Crippen LogP contribution is -2.31. The maximum Gasteiger partial charge on any atom is 0.258 e. The number of sulfonamides is 1. The molecule has 1 aromatic heterocycles. The van der Waals surface area contributed by atoms with Crippen LogP contribution in [0.4, 0.5) is 11.4 Å². The van der Waals surface area contributed by atoms with Gasteiger partial charge >= 0.3 is 0 Å². The van der Waals surface area contributed by atoms with Gasteiger partial charge in [0.1, 0.15) is 0 Å². The number of rotatable bonds is 4. The maximum atomic E-state index is 13.0. The van der Waals surface area contributed by atoms with Gasteiger partial charge in [0.2, 0.25) is 10.0 Å². The molecule has 0 saturated carbocycles. The number of amides is 1. The number of hydrogen-bond acceptors (Lipinski definition) is 4. The Morgan fingerprint density at radius 1 is 1.32 bits per heavy atom. The summed E-state index contributed by atoms with van der Waals surface area (Å²) in [6.45, 7) is 4.74. The molecule has 0 bridgehead atoms. The van der Waals surface area contributed by atoms with Gasteiger partial charge in [0.15, 0.2) is 0 Å². The summed E-state index contributed by atoms with van der Waals surface area (Å²) in [5.74, 6) is -0.112. The quantitative estimate of drug-likeness (QED) is 0.840. The minimum absolute atomic E-state index is 0.112. The van der Waals surface area contributed by atoms with Crippen LogP contribution in [-0.4, -0.2) is 38.7 Å². The van der Waals surface area contributed by atoms with Crippen molar-refractivity contribution in [3.05, 3.63) is 53.3 Å². The van der Waals surface area contributed by atoms with Crippen LogP contribution in [0.2, 0.25) is 0 Å². The van der Waals surface area contributed by atoms with Crippen LogP contribution in [0.5, 0.6) is 0 Å². The molecule has 0 unspecified atom stereocenters. The third-order valence-electron chi connectivity index (χ3n) is 4.41. The van der Waals surface area contributed by atoms with Crippen molar-refractivity contribution in [2.24, 2.45) is 0 Å². The second-order valence-electron chi connectivity index (χ2n) is 6.09. The molecule has 132 valence electrons. The SMILES string of the molecule is CCN(C(=O)c1ccc2c(c1)CCN2S(C)(=O)=O)c1cccnc1C. The lowest BCUT2D eigenvalue weighted by molar-refractivity contribution is 0.0988. The maximum absolute atomic E-state index is 13.0. The number of carbonyl (C=O) groups is 1. The van der Waals surface area contributed by atoms with Crippen LogP contribution in [0.15, 0.2) is 36.5 Å². The van der Waals surface area contributed by atoms with Crippen molar-refractivity contribution in [1.29, 1.82) is 0 Å². The zero-order valence-corrected chi connectivity index (χ0v) is 15.4. The first-order valence-electron chi connectivity index (χ1n) is 8.17. The molecule has 1 aliphatic heterocycles. The summed E-state index contributed by atoms with van der Waals surface area (Å²) in [4.78, 5) is 18.9. The Kier molecular flexibility index (Phi) is 4.51. The van der Waals surface area contributed by atoms with E-state index >= 15 is 0 Å². The number of anilines is 2. The number of aromatic nitrogens is 1. The van der Waals surface area contributed by atoms with Crippen molar-refractivity contribution in [2.45, 2.75) is 20.3 Å². The van der Waals surface area contributed by atoms with Crippen molar-refractivity contribution >= 4 is 27.3 Å². The van der Waals surface area contributed by atoms with Gasteiger partial charge in [0.05, 0.1) is 23.3 Å². The second kappa shape index (κ2) is 6.48. The minimum Gasteiger partial charge on any atom is -0.307 e. The molecule has 0 aliphatic carbocycles. The zero-order valence-electron chi connectivity index (χ0n) is 14.6. The molecule has 2 aromatic rings. The monoisotopic (exact) mass is 359 g/mol. The van der Waals surface area contributed by atoms with Gasteiger partial charge in [-0.15, -0.1) is 0 Å². The van der Waals surface area contributed by atoms with Crippen LogP contribution < -0.4 is 9.21 Å². The van der Waals surface area contributed by atoms with Crippen molar-refractivity contribution < 1.29 is 13.2 Å². The molecule has 6 nitrogen and oxygen atoms in total. The fourth-order valence-corrected chi connectivity index (χ4v) is 4.15. The van der Waals surface area contributed by atoms with Gasteiger partial charge < -0.3 is 4.90 Å². The van der Waals surface area contributed by atoms with E-state index in [2.05, 4.69) is 4.98 Å². The zero-order chi connectivity index (χ0) is 18.2. The number of pyridine rings is 1. The lowest BCUT2D eigenvalue weighted by atomic mass is 10.1. The number of aryl methyl sites for hydroxylation is 1. The smallest absolute Gasteiger partial charge is 0.258 e. The molecule has 1 amide bonds. The van der Waals surface area contributed by atoms with Crippen LogP contribution in [0.25, 0.3) is 0 Å². The predicted octanol–water partition coefficient (Wildman–Crippen LogP) is 2.38. The number of fused-ring (bicyclic) bond motifs is 1. The highest BCUT2D eigenvalue weighted by atomic mass is 32.2. The van der Waals surface area contributed by atoms with E-state index in [4.69, 9.17) is 0 Å². The summed E-state index contributed by atoms with van der Waals surface area (Å²) < 4.78 is 25.1. The molecule has 0 spiro atoms. The molecule has 3 rings (SSSR count). The molecular formula is C18H21N3O3S. The van der Waals surface area contributed by atoms with E-state index in [1.54, 1.807) is 29.3 Å². The summed E-state index contributed by atoms with van der Waals surface area (Å²) >= 11 is 0. The highest BCUT2D eigenvalue weighted by molar-refractivity contribution is 7.92. The summed E-state index contributed by atoms with van der Waals surface area (Å²) in [6.07, 6.45) is 3.51. The van der Waals surface area contributed by atoms with Gasteiger partial charge in [0.25, 0.3) is 5.91 Å². The van der Waals surface area contributed by atoms with Gasteiger partial charge in [-0.3, -0.25) is 14.1 Å². The van der Waals surface area contributed by atoms with Crippen LogP contribution in [0.1, 0.15) is 28.5 Å². The van der Waals surface area contributed by atoms with Gasteiger partial charge in [-0.1, -0.05) is 0 Å². The Hall–Kier alpha value is -2.41. The average Bonchev–Trinajstić information content (AvgIpc) is 3.00. The molecular weight excluding hydrogens is 338 g/mol. The summed E-state index contributed by atoms with van der Waals surface area (Å²) in [6, 6.07) is 8.91. The molecule has 0 atom stereocenters. The first-order valence-corrected chi connectivity index (χ1v) is 10.0. The van der Waals surface area contributed by atoms with E-state index in [-0.39, 0.29) is 5.91 Å². The number of nitrogens with zero attached hydrogens (tertiary/aromatic N) is 3. The van der Waals surface area contributed by atoms with Gasteiger partial charge in [-0.05, 0) is 56.2 Å². The molecule has 0 radical (unpaired) electrons. The van der Waals surface area contributed by atoms with Crippen molar-refractivity contribution in [3.63, 3.8) is 0 Å². The van der Waals surface area contributed by atoms with E-state index in [1.807, 2.05) is 26.0 Å². The summed E-state index contributed by atoms with van der Waals surface area (Å²) in [5.41, 5.74) is 3.68. The van der Waals surface area contributed by atoms with Crippen molar-refractivity contribution in [1.82, 2.24) is 4.98 Å². The first-order chi connectivity index (χ1) is 11.8. The Balaban J connectivity index is 1.95. The number of carbonyl (C=O) groups excluding carboxylic acids is 1. The van der Waals surface area contributed by atoms with Crippen molar-refractivity contribution in [3.8, 4) is 0 Å². The van der Waals surface area contributed by atoms with Crippen molar-refractivity contribution in [2.75, 3.05) is 28.6 Å². The van der Waals surface area contributed by atoms with E-state index in [9.17, 15) is 13.2 Å². The fourth-order valence-electron chi connectivity index (χ4n) is 3.19. The van der Waals surface area contributed by atoms with E-state index in [0.29, 0.717) is 30.8 Å². The molecule has 2 heterocycles. The lowest BCUT2D eigenvalue weighted by Gasteiger charge is -2.23. The van der Waals surface area contributed by atoms with E-state index in [0.717, 1.165) is 16.9 Å². The van der Waals surface area contributed by atoms with Gasteiger partial charge in [-0.25, -0.2) is 8.42 Å². The Bertz CT molecular complexity index is 925. The Morgan fingerprint density at radius 2 is 2.08 bits per heavy atom. The molecule has 0 N–H and O–H groups in total. The molecule has 0 fully saturated rings. The summed E-state index contributed by atoms with van der Waals surface area (Å²) in [7, 11) is -3.29. The topological polar surface area (TPSA) is 70.6 Å². The fraction of sp³-hybridized carbons (Fsp3) is 0.333. The predicted molar refractivity (Wildman–Crippen MR) is 98.7 cm³/mol. The highest BCUT2D eigenvalue weighted by Gasteiger charge is 2.27. The van der Waals surface area contributed by atoms with Crippen LogP contribution in [-0.2, 0) is 16.4 Å². The molecule has 7 heteroatoms. The number of benzene rings is 1. The van der Waals surface area contributed by atoms with Gasteiger partial charge in [0, 0.05) is 24.8 Å². The molecule has 1 aliphatic rings. The first kappa shape index (κ1) is 17.4. The Labute approximate surface area is 148 Å². The molecule has 0 saturated heterocycles. The summed E-state index contributed by atoms with van der Waals surface area (Å²) in [5, 5.41) is 0. The van der Waals surface area contributed by atoms with Crippen LogP contribution in [0, 0.1) is 6.92 Å².